The lowest BCUT2D eigenvalue weighted by Crippen LogP contribution is -2.01. The summed E-state index contributed by atoms with van der Waals surface area (Å²) < 4.78 is 0.901. The molecule has 0 aromatic carbocycles. The van der Waals surface area contributed by atoms with Gasteiger partial charge in [-0.1, -0.05) is 44.9 Å². The van der Waals surface area contributed by atoms with Crippen molar-refractivity contribution in [3.63, 3.8) is 0 Å². The van der Waals surface area contributed by atoms with Crippen LogP contribution in [0, 0.1) is 0 Å². The first kappa shape index (κ1) is 6.33. The molecule has 1 aliphatic rings. The summed E-state index contributed by atoms with van der Waals surface area (Å²) in [5, 5.41) is 0. The Balaban J connectivity index is 2.33. The van der Waals surface area contributed by atoms with Gasteiger partial charge in [0, 0.05) is 8.75 Å². The maximum atomic E-state index is 3.60. The van der Waals surface area contributed by atoms with E-state index in [0.717, 1.165) is 8.75 Å². The van der Waals surface area contributed by atoms with Crippen LogP contribution in [-0.2, 0) is 0 Å². The SMILES string of the molecule is BrC1CCCC1I. The molecule has 2 heteroatoms. The Morgan fingerprint density at radius 1 is 1.43 bits per heavy atom. The van der Waals surface area contributed by atoms with E-state index in [1.165, 1.54) is 19.3 Å². The Hall–Kier alpha value is 1.21. The second kappa shape index (κ2) is 2.67. The summed E-state index contributed by atoms with van der Waals surface area (Å²) in [6.45, 7) is 0. The van der Waals surface area contributed by atoms with Crippen LogP contribution in [0.5, 0.6) is 0 Å². The largest absolute Gasteiger partial charge is 0.0879 e. The Morgan fingerprint density at radius 3 is 2.29 bits per heavy atom. The highest BCUT2D eigenvalue weighted by Crippen LogP contribution is 2.31. The molecular formula is C5H8BrI. The van der Waals surface area contributed by atoms with Crippen molar-refractivity contribution in [1.29, 1.82) is 0 Å². The Morgan fingerprint density at radius 2 is 2.14 bits per heavy atom. The Labute approximate surface area is 66.3 Å². The molecule has 0 nitrogen and oxygen atoms in total. The monoisotopic (exact) mass is 274 g/mol. The fourth-order valence-corrected chi connectivity index (χ4v) is 2.26. The van der Waals surface area contributed by atoms with Crippen LogP contribution in [-0.4, -0.2) is 8.75 Å². The smallest absolute Gasteiger partial charge is 0.0263 e. The molecule has 0 amide bonds. The van der Waals surface area contributed by atoms with Crippen LogP contribution in [0.1, 0.15) is 19.3 Å². The fraction of sp³-hybridized carbons (Fsp3) is 1.00. The van der Waals surface area contributed by atoms with Crippen molar-refractivity contribution >= 4 is 38.5 Å². The third kappa shape index (κ3) is 1.56. The van der Waals surface area contributed by atoms with Crippen LogP contribution in [0.3, 0.4) is 0 Å². The van der Waals surface area contributed by atoms with E-state index >= 15 is 0 Å². The van der Waals surface area contributed by atoms with Gasteiger partial charge in [-0.25, -0.2) is 0 Å². The Kier molecular flexibility index (Phi) is 2.41. The molecule has 0 spiro atoms. The highest BCUT2D eigenvalue weighted by atomic mass is 127. The van der Waals surface area contributed by atoms with Crippen LogP contribution < -0.4 is 0 Å². The van der Waals surface area contributed by atoms with Crippen molar-refractivity contribution in [3.05, 3.63) is 0 Å². The number of hydrogen-bond donors (Lipinski definition) is 0. The molecule has 1 rings (SSSR count). The minimum absolute atomic E-state index is 0.813. The van der Waals surface area contributed by atoms with E-state index in [1.807, 2.05) is 0 Å². The lowest BCUT2D eigenvalue weighted by Gasteiger charge is -2.00. The maximum absolute atomic E-state index is 3.60. The zero-order valence-corrected chi connectivity index (χ0v) is 7.78. The van der Waals surface area contributed by atoms with Gasteiger partial charge in [-0.15, -0.1) is 0 Å². The summed E-state index contributed by atoms with van der Waals surface area (Å²) in [7, 11) is 0. The normalized spacial score (nSPS) is 42.0. The first-order valence-corrected chi connectivity index (χ1v) is 4.75. The van der Waals surface area contributed by atoms with Crippen molar-refractivity contribution < 1.29 is 0 Å². The zero-order valence-electron chi connectivity index (χ0n) is 4.03. The number of rotatable bonds is 0. The molecule has 0 bridgehead atoms. The fourth-order valence-electron chi connectivity index (χ4n) is 0.870. The molecule has 0 aromatic rings. The van der Waals surface area contributed by atoms with E-state index < -0.39 is 0 Å². The summed E-state index contributed by atoms with van der Waals surface area (Å²) >= 11 is 6.11. The molecule has 2 unspecified atom stereocenters. The quantitative estimate of drug-likeness (QED) is 0.471. The first-order valence-electron chi connectivity index (χ1n) is 2.59. The summed E-state index contributed by atoms with van der Waals surface area (Å²) in [5.74, 6) is 0. The van der Waals surface area contributed by atoms with Gasteiger partial charge in [0.2, 0.25) is 0 Å². The molecule has 0 aliphatic heterocycles. The average molecular weight is 275 g/mol. The van der Waals surface area contributed by atoms with Gasteiger partial charge in [-0.3, -0.25) is 0 Å². The molecule has 42 valence electrons. The molecule has 1 aliphatic carbocycles. The van der Waals surface area contributed by atoms with E-state index in [4.69, 9.17) is 0 Å². The van der Waals surface area contributed by atoms with Gasteiger partial charge in [-0.05, 0) is 12.8 Å². The lowest BCUT2D eigenvalue weighted by molar-refractivity contribution is 0.895. The molecule has 1 saturated carbocycles. The third-order valence-electron chi connectivity index (χ3n) is 1.35. The van der Waals surface area contributed by atoms with E-state index in [9.17, 15) is 0 Å². The predicted octanol–water partition coefficient (Wildman–Crippen LogP) is 2.74. The molecule has 7 heavy (non-hydrogen) atoms. The van der Waals surface area contributed by atoms with Crippen LogP contribution in [0.4, 0.5) is 0 Å². The molecule has 1 fully saturated rings. The highest BCUT2D eigenvalue weighted by molar-refractivity contribution is 14.1. The molecule has 0 heterocycles. The molecule has 0 N–H and O–H groups in total. The summed E-state index contributed by atoms with van der Waals surface area (Å²) in [6, 6.07) is 0. The second-order valence-electron chi connectivity index (χ2n) is 1.96. The molecule has 0 aromatic heterocycles. The van der Waals surface area contributed by atoms with Crippen molar-refractivity contribution in [2.24, 2.45) is 0 Å². The minimum atomic E-state index is 0.813. The van der Waals surface area contributed by atoms with Gasteiger partial charge in [0.1, 0.15) is 0 Å². The van der Waals surface area contributed by atoms with Crippen LogP contribution in [0.2, 0.25) is 0 Å². The summed E-state index contributed by atoms with van der Waals surface area (Å²) in [6.07, 6.45) is 4.22. The van der Waals surface area contributed by atoms with E-state index in [-0.39, 0.29) is 0 Å². The van der Waals surface area contributed by atoms with Crippen LogP contribution in [0.25, 0.3) is 0 Å². The average Bonchev–Trinajstić information content (AvgIpc) is 1.91. The van der Waals surface area contributed by atoms with E-state index in [2.05, 4.69) is 38.5 Å². The van der Waals surface area contributed by atoms with Gasteiger partial charge in [0.05, 0.1) is 0 Å². The molecular weight excluding hydrogens is 267 g/mol. The van der Waals surface area contributed by atoms with Gasteiger partial charge in [0.25, 0.3) is 0 Å². The van der Waals surface area contributed by atoms with Gasteiger partial charge in [-0.2, -0.15) is 0 Å². The number of alkyl halides is 2. The van der Waals surface area contributed by atoms with Gasteiger partial charge >= 0.3 is 0 Å². The van der Waals surface area contributed by atoms with Crippen molar-refractivity contribution in [2.45, 2.75) is 28.0 Å². The van der Waals surface area contributed by atoms with Crippen LogP contribution >= 0.6 is 38.5 Å². The van der Waals surface area contributed by atoms with Crippen molar-refractivity contribution in [1.82, 2.24) is 0 Å². The van der Waals surface area contributed by atoms with Crippen LogP contribution in [0.15, 0.2) is 0 Å². The van der Waals surface area contributed by atoms with Crippen molar-refractivity contribution in [3.8, 4) is 0 Å². The predicted molar refractivity (Wildman–Crippen MR) is 44.4 cm³/mol. The number of hydrogen-bond acceptors (Lipinski definition) is 0. The topological polar surface area (TPSA) is 0 Å². The van der Waals surface area contributed by atoms with Crippen molar-refractivity contribution in [2.75, 3.05) is 0 Å². The Bertz CT molecular complexity index is 57.1. The molecule has 0 radical (unpaired) electrons. The van der Waals surface area contributed by atoms with Gasteiger partial charge < -0.3 is 0 Å². The highest BCUT2D eigenvalue weighted by Gasteiger charge is 2.20. The van der Waals surface area contributed by atoms with E-state index in [0.29, 0.717) is 0 Å². The first-order chi connectivity index (χ1) is 3.30. The third-order valence-corrected chi connectivity index (χ3v) is 4.93. The summed E-state index contributed by atoms with van der Waals surface area (Å²) in [5.41, 5.74) is 0. The maximum Gasteiger partial charge on any atom is 0.0263 e. The standard InChI is InChI=1S/C5H8BrI/c6-4-2-1-3-5(4)7/h4-5H,1-3H2. The van der Waals surface area contributed by atoms with E-state index in [1.54, 1.807) is 0 Å². The minimum Gasteiger partial charge on any atom is -0.0879 e. The summed E-state index contributed by atoms with van der Waals surface area (Å²) in [4.78, 5) is 0.813. The number of halogens is 2. The molecule has 2 atom stereocenters. The zero-order chi connectivity index (χ0) is 5.28. The molecule has 0 saturated heterocycles. The second-order valence-corrected chi connectivity index (χ2v) is 4.74. The van der Waals surface area contributed by atoms with Gasteiger partial charge in [0.15, 0.2) is 0 Å². The lowest BCUT2D eigenvalue weighted by atomic mass is 10.4.